The molecule has 0 fully saturated rings. The second-order valence-electron chi connectivity index (χ2n) is 4.43. The number of carbonyl (C=O) groups excluding carboxylic acids is 2. The Balaban J connectivity index is 0. The fourth-order valence-electron chi connectivity index (χ4n) is 1.30. The van der Waals surface area contributed by atoms with Gasteiger partial charge in [0.15, 0.2) is 0 Å². The zero-order chi connectivity index (χ0) is 17.9. The van der Waals surface area contributed by atoms with Gasteiger partial charge in [-0.3, -0.25) is 0 Å². The maximum absolute atomic E-state index is 10.4. The maximum Gasteiger partial charge on any atom is 0.314 e. The molecule has 0 aliphatic rings. The normalized spacial score (nSPS) is 8.39. The van der Waals surface area contributed by atoms with Crippen molar-refractivity contribution in [2.75, 3.05) is 26.2 Å². The fourth-order valence-corrected chi connectivity index (χ4v) is 1.30. The van der Waals surface area contributed by atoms with Crippen molar-refractivity contribution in [1.82, 2.24) is 21.3 Å². The number of carbonyl (C=O) groups is 2. The molecule has 1 aromatic rings. The summed E-state index contributed by atoms with van der Waals surface area (Å²) in [5.41, 5.74) is 1.32. The van der Waals surface area contributed by atoms with Crippen molar-refractivity contribution in [2.45, 2.75) is 34.6 Å². The van der Waals surface area contributed by atoms with E-state index in [-0.39, 0.29) is 12.1 Å². The number of hydrogen-bond donors (Lipinski definition) is 4. The van der Waals surface area contributed by atoms with Crippen molar-refractivity contribution in [3.8, 4) is 0 Å². The zero-order valence-electron chi connectivity index (χ0n) is 15.0. The lowest BCUT2D eigenvalue weighted by Crippen LogP contribution is -2.34. The van der Waals surface area contributed by atoms with E-state index < -0.39 is 0 Å². The summed E-state index contributed by atoms with van der Waals surface area (Å²) >= 11 is 0. The van der Waals surface area contributed by atoms with E-state index in [4.69, 9.17) is 0 Å². The molecule has 0 aliphatic heterocycles. The van der Waals surface area contributed by atoms with E-state index in [0.717, 1.165) is 0 Å². The van der Waals surface area contributed by atoms with Gasteiger partial charge in [0.25, 0.3) is 0 Å². The van der Waals surface area contributed by atoms with Gasteiger partial charge in [-0.2, -0.15) is 0 Å². The second kappa shape index (κ2) is 17.8. The summed E-state index contributed by atoms with van der Waals surface area (Å²) in [5.74, 6) is 0. The number of rotatable bonds is 4. The number of nitrogens with one attached hydrogen (secondary N) is 4. The Bertz CT molecular complexity index is 361. The minimum Gasteiger partial charge on any atom is -0.338 e. The molecule has 1 rings (SSSR count). The monoisotopic (exact) mass is 324 g/mol. The minimum absolute atomic E-state index is 0.0880. The van der Waals surface area contributed by atoms with Crippen LogP contribution in [0.5, 0.6) is 0 Å². The largest absolute Gasteiger partial charge is 0.338 e. The first-order chi connectivity index (χ1) is 11.0. The number of urea groups is 2. The van der Waals surface area contributed by atoms with Gasteiger partial charge in [0, 0.05) is 26.2 Å². The molecule has 0 aromatic heterocycles. The molecule has 0 bridgehead atoms. The van der Waals surface area contributed by atoms with Crippen LogP contribution in [0.25, 0.3) is 0 Å². The van der Waals surface area contributed by atoms with Gasteiger partial charge in [-0.25, -0.2) is 9.59 Å². The van der Waals surface area contributed by atoms with Gasteiger partial charge < -0.3 is 21.3 Å². The highest BCUT2D eigenvalue weighted by Gasteiger charge is 1.90. The average molecular weight is 324 g/mol. The standard InChI is InChI=1S/C7H8.2C5H12N2O/c1-7-5-3-2-4-6-7;2*1-3-6-5(8)7-4-2/h2-6H,1H3;2*3-4H2,1-2H3,(H2,6,7,8). The Kier molecular flexibility index (Phi) is 17.8. The first-order valence-electron chi connectivity index (χ1n) is 8.06. The third-order valence-electron chi connectivity index (χ3n) is 2.29. The molecule has 0 spiro atoms. The van der Waals surface area contributed by atoms with Crippen LogP contribution in [0.2, 0.25) is 0 Å². The fraction of sp³-hybridized carbons (Fsp3) is 0.529. The van der Waals surface area contributed by atoms with Crippen molar-refractivity contribution >= 4 is 12.1 Å². The summed E-state index contributed by atoms with van der Waals surface area (Å²) < 4.78 is 0. The highest BCUT2D eigenvalue weighted by atomic mass is 16.2. The van der Waals surface area contributed by atoms with Crippen molar-refractivity contribution in [3.63, 3.8) is 0 Å². The molecule has 0 saturated carbocycles. The van der Waals surface area contributed by atoms with Crippen LogP contribution in [0.1, 0.15) is 33.3 Å². The SMILES string of the molecule is CCNC(=O)NCC.CCNC(=O)NCC.Cc1ccccc1. The van der Waals surface area contributed by atoms with Crippen molar-refractivity contribution in [1.29, 1.82) is 0 Å². The quantitative estimate of drug-likeness (QED) is 0.687. The van der Waals surface area contributed by atoms with Gasteiger partial charge in [-0.1, -0.05) is 35.9 Å². The minimum atomic E-state index is -0.0880. The van der Waals surface area contributed by atoms with Crippen molar-refractivity contribution < 1.29 is 9.59 Å². The molecule has 0 heterocycles. The summed E-state index contributed by atoms with van der Waals surface area (Å²) in [6.45, 7) is 12.4. The van der Waals surface area contributed by atoms with Crippen molar-refractivity contribution in [3.05, 3.63) is 35.9 Å². The molecule has 4 amide bonds. The molecule has 0 radical (unpaired) electrons. The van der Waals surface area contributed by atoms with Gasteiger partial charge in [0.2, 0.25) is 0 Å². The number of amides is 4. The van der Waals surface area contributed by atoms with Crippen LogP contribution in [0.3, 0.4) is 0 Å². The molecule has 4 N–H and O–H groups in total. The lowest BCUT2D eigenvalue weighted by molar-refractivity contribution is 0.241. The highest BCUT2D eigenvalue weighted by molar-refractivity contribution is 5.73. The van der Waals surface area contributed by atoms with E-state index in [1.165, 1.54) is 5.56 Å². The van der Waals surface area contributed by atoms with Crippen LogP contribution >= 0.6 is 0 Å². The van der Waals surface area contributed by atoms with Gasteiger partial charge >= 0.3 is 12.1 Å². The molecule has 132 valence electrons. The lowest BCUT2D eigenvalue weighted by Gasteiger charge is -1.99. The number of benzene rings is 1. The van der Waals surface area contributed by atoms with E-state index in [1.54, 1.807) is 0 Å². The summed E-state index contributed by atoms with van der Waals surface area (Å²) in [6, 6.07) is 10.1. The van der Waals surface area contributed by atoms with Crippen LogP contribution in [-0.2, 0) is 0 Å². The summed E-state index contributed by atoms with van der Waals surface area (Å²) in [5, 5.41) is 10.4. The van der Waals surface area contributed by atoms with Gasteiger partial charge in [0.1, 0.15) is 0 Å². The van der Waals surface area contributed by atoms with Crippen LogP contribution in [-0.4, -0.2) is 38.2 Å². The molecule has 0 saturated heterocycles. The van der Waals surface area contributed by atoms with Crippen LogP contribution in [0.4, 0.5) is 9.59 Å². The number of aryl methyl sites for hydroxylation is 1. The lowest BCUT2D eigenvalue weighted by atomic mass is 10.2. The zero-order valence-corrected chi connectivity index (χ0v) is 15.0. The molecule has 0 unspecified atom stereocenters. The first kappa shape index (κ1) is 23.0. The van der Waals surface area contributed by atoms with E-state index in [1.807, 2.05) is 45.9 Å². The summed E-state index contributed by atoms with van der Waals surface area (Å²) in [6.07, 6.45) is 0. The Morgan fingerprint density at radius 1 is 0.696 bits per heavy atom. The summed E-state index contributed by atoms with van der Waals surface area (Å²) in [7, 11) is 0. The average Bonchev–Trinajstić information content (AvgIpc) is 2.50. The predicted octanol–water partition coefficient (Wildman–Crippen LogP) is 2.65. The van der Waals surface area contributed by atoms with E-state index in [9.17, 15) is 9.59 Å². The molecule has 23 heavy (non-hydrogen) atoms. The second-order valence-corrected chi connectivity index (χ2v) is 4.43. The molecule has 6 nitrogen and oxygen atoms in total. The van der Waals surface area contributed by atoms with Crippen LogP contribution in [0.15, 0.2) is 30.3 Å². The van der Waals surface area contributed by atoms with Gasteiger partial charge in [-0.05, 0) is 34.6 Å². The Labute approximate surface area is 140 Å². The first-order valence-corrected chi connectivity index (χ1v) is 8.06. The van der Waals surface area contributed by atoms with Crippen molar-refractivity contribution in [2.24, 2.45) is 0 Å². The molecule has 6 heteroatoms. The third-order valence-corrected chi connectivity index (χ3v) is 2.29. The Morgan fingerprint density at radius 2 is 1.00 bits per heavy atom. The smallest absolute Gasteiger partial charge is 0.314 e. The molecule has 0 atom stereocenters. The van der Waals surface area contributed by atoms with Crippen LogP contribution in [0, 0.1) is 6.92 Å². The maximum atomic E-state index is 10.4. The molecule has 1 aromatic carbocycles. The Morgan fingerprint density at radius 3 is 1.17 bits per heavy atom. The van der Waals surface area contributed by atoms with E-state index >= 15 is 0 Å². The van der Waals surface area contributed by atoms with E-state index in [0.29, 0.717) is 26.2 Å². The van der Waals surface area contributed by atoms with Crippen LogP contribution < -0.4 is 21.3 Å². The summed E-state index contributed by atoms with van der Waals surface area (Å²) in [4.78, 5) is 20.8. The van der Waals surface area contributed by atoms with E-state index in [2.05, 4.69) is 40.3 Å². The molecular formula is C17H32N4O2. The number of hydrogen-bond acceptors (Lipinski definition) is 2. The topological polar surface area (TPSA) is 82.3 Å². The Hall–Kier alpha value is -2.24. The third kappa shape index (κ3) is 19.8. The molecule has 0 aliphatic carbocycles. The molecular weight excluding hydrogens is 292 g/mol. The van der Waals surface area contributed by atoms with Gasteiger partial charge in [-0.15, -0.1) is 0 Å². The predicted molar refractivity (Wildman–Crippen MR) is 96.7 cm³/mol. The van der Waals surface area contributed by atoms with Gasteiger partial charge in [0.05, 0.1) is 0 Å². The highest BCUT2D eigenvalue weighted by Crippen LogP contribution is 1.92.